The van der Waals surface area contributed by atoms with Crippen molar-refractivity contribution in [1.82, 2.24) is 10.2 Å². The number of thiophene rings is 1. The van der Waals surface area contributed by atoms with Crippen molar-refractivity contribution in [3.63, 3.8) is 0 Å². The lowest BCUT2D eigenvalue weighted by atomic mass is 10.1. The summed E-state index contributed by atoms with van der Waals surface area (Å²) in [6.45, 7) is 6.80. The van der Waals surface area contributed by atoms with E-state index in [0.717, 1.165) is 8.66 Å². The highest BCUT2D eigenvalue weighted by Crippen LogP contribution is 2.23. The summed E-state index contributed by atoms with van der Waals surface area (Å²) in [5, 5.41) is 2.61. The monoisotopic (exact) mass is 375 g/mol. The number of hydrogen-bond donors (Lipinski definition) is 2. The Morgan fingerprint density at radius 1 is 1.43 bits per heavy atom. The van der Waals surface area contributed by atoms with Gasteiger partial charge in [-0.2, -0.15) is 0 Å². The summed E-state index contributed by atoms with van der Waals surface area (Å²) < 4.78 is 1.04. The Kier molecular flexibility index (Phi) is 7.34. The van der Waals surface area contributed by atoms with Crippen LogP contribution in [0.5, 0.6) is 0 Å². The van der Waals surface area contributed by atoms with Gasteiger partial charge in [0, 0.05) is 11.4 Å². The molecule has 0 saturated carbocycles. The van der Waals surface area contributed by atoms with E-state index in [2.05, 4.69) is 21.2 Å². The number of rotatable bonds is 7. The summed E-state index contributed by atoms with van der Waals surface area (Å²) in [6.07, 6.45) is 0. The molecule has 1 aromatic rings. The minimum absolute atomic E-state index is 0.0142. The number of nitrogens with one attached hydrogen (secondary N) is 1. The fourth-order valence-corrected chi connectivity index (χ4v) is 3.20. The van der Waals surface area contributed by atoms with Gasteiger partial charge in [0.2, 0.25) is 11.8 Å². The second-order valence-electron chi connectivity index (χ2n) is 5.10. The Hall–Kier alpha value is -0.920. The van der Waals surface area contributed by atoms with Gasteiger partial charge >= 0.3 is 0 Å². The van der Waals surface area contributed by atoms with Crippen LogP contribution < -0.4 is 11.1 Å². The van der Waals surface area contributed by atoms with Gasteiger partial charge in [-0.3, -0.25) is 9.59 Å². The largest absolute Gasteiger partial charge is 0.346 e. The van der Waals surface area contributed by atoms with Crippen molar-refractivity contribution in [3.05, 3.63) is 20.8 Å². The van der Waals surface area contributed by atoms with E-state index < -0.39 is 6.04 Å². The Morgan fingerprint density at radius 2 is 2.10 bits per heavy atom. The van der Waals surface area contributed by atoms with E-state index >= 15 is 0 Å². The van der Waals surface area contributed by atoms with Crippen molar-refractivity contribution in [2.24, 2.45) is 11.7 Å². The third-order valence-corrected chi connectivity index (χ3v) is 4.75. The van der Waals surface area contributed by atoms with Gasteiger partial charge in [0.15, 0.2) is 0 Å². The molecule has 1 rings (SSSR count). The van der Waals surface area contributed by atoms with Crippen molar-refractivity contribution in [3.8, 4) is 0 Å². The molecule has 0 aliphatic rings. The normalized spacial score (nSPS) is 12.3. The van der Waals surface area contributed by atoms with E-state index in [1.54, 1.807) is 16.2 Å². The average molecular weight is 376 g/mol. The molecule has 7 heteroatoms. The number of nitrogens with zero attached hydrogens (tertiary/aromatic N) is 1. The molecular weight excluding hydrogens is 354 g/mol. The standard InChI is InChI=1S/C14H22BrN3O2S/c1-4-18(8-10-5-6-11(15)21-10)12(19)7-17-14(20)13(16)9(2)3/h5-6,9,13H,4,7-8,16H2,1-3H3,(H,17,20)/t13-/m0/s1. The quantitative estimate of drug-likeness (QED) is 0.764. The van der Waals surface area contributed by atoms with E-state index in [1.807, 2.05) is 32.9 Å². The zero-order valence-corrected chi connectivity index (χ0v) is 15.0. The van der Waals surface area contributed by atoms with Gasteiger partial charge in [0.05, 0.1) is 22.9 Å². The molecule has 0 aliphatic heterocycles. The number of carbonyl (C=O) groups is 2. The van der Waals surface area contributed by atoms with Gasteiger partial charge in [-0.25, -0.2) is 0 Å². The molecule has 0 unspecified atom stereocenters. The molecule has 0 aliphatic carbocycles. The van der Waals surface area contributed by atoms with Crippen LogP contribution in [0.1, 0.15) is 25.6 Å². The minimum atomic E-state index is -0.582. The summed E-state index contributed by atoms with van der Waals surface area (Å²) in [5.74, 6) is -0.342. The maximum Gasteiger partial charge on any atom is 0.242 e. The number of hydrogen-bond acceptors (Lipinski definition) is 4. The molecule has 2 amide bonds. The van der Waals surface area contributed by atoms with E-state index in [4.69, 9.17) is 5.73 Å². The van der Waals surface area contributed by atoms with Crippen LogP contribution >= 0.6 is 27.3 Å². The highest BCUT2D eigenvalue weighted by atomic mass is 79.9. The van der Waals surface area contributed by atoms with Crippen LogP contribution in [0.3, 0.4) is 0 Å². The zero-order valence-electron chi connectivity index (χ0n) is 12.6. The van der Waals surface area contributed by atoms with Crippen molar-refractivity contribution in [2.45, 2.75) is 33.4 Å². The smallest absolute Gasteiger partial charge is 0.242 e. The van der Waals surface area contributed by atoms with Gasteiger partial charge in [0.1, 0.15) is 0 Å². The molecule has 3 N–H and O–H groups in total. The molecular formula is C14H22BrN3O2S. The van der Waals surface area contributed by atoms with Crippen LogP contribution in [0.4, 0.5) is 0 Å². The molecule has 0 bridgehead atoms. The maximum absolute atomic E-state index is 12.1. The average Bonchev–Trinajstić information content (AvgIpc) is 2.86. The summed E-state index contributed by atoms with van der Waals surface area (Å²) in [7, 11) is 0. The first-order valence-corrected chi connectivity index (χ1v) is 8.51. The molecule has 0 saturated heterocycles. The van der Waals surface area contributed by atoms with Crippen LogP contribution in [-0.4, -0.2) is 35.8 Å². The molecule has 5 nitrogen and oxygen atoms in total. The SMILES string of the molecule is CCN(Cc1ccc(Br)s1)C(=O)CNC(=O)[C@@H](N)C(C)C. The van der Waals surface area contributed by atoms with Gasteiger partial charge in [0.25, 0.3) is 0 Å². The first kappa shape index (κ1) is 18.1. The maximum atomic E-state index is 12.1. The summed E-state index contributed by atoms with van der Waals surface area (Å²) >= 11 is 5.00. The molecule has 0 spiro atoms. The molecule has 118 valence electrons. The first-order chi connectivity index (χ1) is 9.85. The van der Waals surface area contributed by atoms with Gasteiger partial charge in [-0.05, 0) is 40.9 Å². The number of carbonyl (C=O) groups excluding carboxylic acids is 2. The van der Waals surface area contributed by atoms with E-state index in [9.17, 15) is 9.59 Å². The minimum Gasteiger partial charge on any atom is -0.346 e. The van der Waals surface area contributed by atoms with Gasteiger partial charge < -0.3 is 16.0 Å². The topological polar surface area (TPSA) is 75.4 Å². The van der Waals surface area contributed by atoms with Crippen LogP contribution in [-0.2, 0) is 16.1 Å². The molecule has 0 aromatic carbocycles. The van der Waals surface area contributed by atoms with E-state index in [1.165, 1.54) is 0 Å². The van der Waals surface area contributed by atoms with Crippen molar-refractivity contribution < 1.29 is 9.59 Å². The van der Waals surface area contributed by atoms with Crippen molar-refractivity contribution in [2.75, 3.05) is 13.1 Å². The summed E-state index contributed by atoms with van der Waals surface area (Å²) in [5.41, 5.74) is 5.74. The van der Waals surface area contributed by atoms with Crippen molar-refractivity contribution >= 4 is 39.1 Å². The highest BCUT2D eigenvalue weighted by Gasteiger charge is 2.19. The fourth-order valence-electron chi connectivity index (χ4n) is 1.70. The third kappa shape index (κ3) is 5.76. The van der Waals surface area contributed by atoms with Crippen LogP contribution in [0, 0.1) is 5.92 Å². The second-order valence-corrected chi connectivity index (χ2v) is 7.65. The first-order valence-electron chi connectivity index (χ1n) is 6.90. The van der Waals surface area contributed by atoms with Gasteiger partial charge in [-0.1, -0.05) is 13.8 Å². The molecule has 1 heterocycles. The zero-order chi connectivity index (χ0) is 16.0. The van der Waals surface area contributed by atoms with Gasteiger partial charge in [-0.15, -0.1) is 11.3 Å². The fraction of sp³-hybridized carbons (Fsp3) is 0.571. The molecule has 0 radical (unpaired) electrons. The van der Waals surface area contributed by atoms with Crippen LogP contribution in [0.2, 0.25) is 0 Å². The van der Waals surface area contributed by atoms with Crippen molar-refractivity contribution in [1.29, 1.82) is 0 Å². The lowest BCUT2D eigenvalue weighted by Gasteiger charge is -2.21. The Morgan fingerprint density at radius 3 is 2.57 bits per heavy atom. The number of halogens is 1. The Bertz CT molecular complexity index is 490. The predicted molar refractivity (Wildman–Crippen MR) is 88.9 cm³/mol. The lowest BCUT2D eigenvalue weighted by Crippen LogP contribution is -2.47. The van der Waals surface area contributed by atoms with Crippen LogP contribution in [0.25, 0.3) is 0 Å². The molecule has 1 atom stereocenters. The molecule has 1 aromatic heterocycles. The number of amides is 2. The van der Waals surface area contributed by atoms with Crippen LogP contribution in [0.15, 0.2) is 15.9 Å². The second kappa shape index (κ2) is 8.51. The lowest BCUT2D eigenvalue weighted by molar-refractivity contribution is -0.133. The highest BCUT2D eigenvalue weighted by molar-refractivity contribution is 9.11. The molecule has 21 heavy (non-hydrogen) atoms. The summed E-state index contributed by atoms with van der Waals surface area (Å²) in [4.78, 5) is 26.7. The number of likely N-dealkylation sites (N-methyl/N-ethyl adjacent to an activating group) is 1. The van der Waals surface area contributed by atoms with E-state index in [0.29, 0.717) is 13.1 Å². The van der Waals surface area contributed by atoms with E-state index in [-0.39, 0.29) is 24.3 Å². The third-order valence-electron chi connectivity index (χ3n) is 3.14. The summed E-state index contributed by atoms with van der Waals surface area (Å²) in [6, 6.07) is 3.36. The Labute approximate surface area is 138 Å². The number of nitrogens with two attached hydrogens (primary N) is 1. The molecule has 0 fully saturated rings. The Balaban J connectivity index is 2.50. The predicted octanol–water partition coefficient (Wildman–Crippen LogP) is 1.96.